The molecule has 0 N–H and O–H groups in total. The number of furan rings is 1. The van der Waals surface area contributed by atoms with Crippen molar-refractivity contribution in [3.63, 3.8) is 0 Å². The highest BCUT2D eigenvalue weighted by molar-refractivity contribution is 7.13. The predicted octanol–water partition coefficient (Wildman–Crippen LogP) is 3.53. The average molecular weight is 227 g/mol. The van der Waals surface area contributed by atoms with Gasteiger partial charge in [0, 0.05) is 0 Å². The fourth-order valence-corrected chi connectivity index (χ4v) is 2.29. The van der Waals surface area contributed by atoms with Crippen molar-refractivity contribution in [2.75, 3.05) is 0 Å². The van der Waals surface area contributed by atoms with Gasteiger partial charge in [-0.15, -0.1) is 11.3 Å². The van der Waals surface area contributed by atoms with E-state index >= 15 is 0 Å². The molecule has 0 radical (unpaired) electrons. The van der Waals surface area contributed by atoms with E-state index in [4.69, 9.17) is 16.0 Å². The second-order valence-corrected chi connectivity index (χ2v) is 4.14. The Balaban J connectivity index is 2.44. The maximum absolute atomic E-state index is 11.9. The maximum Gasteiger partial charge on any atom is 0.207 e. The van der Waals surface area contributed by atoms with Gasteiger partial charge in [0.15, 0.2) is 0 Å². The molecule has 0 aromatic carbocycles. The fourth-order valence-electron chi connectivity index (χ4n) is 1.20. The second kappa shape index (κ2) is 3.59. The van der Waals surface area contributed by atoms with E-state index in [1.807, 2.05) is 0 Å². The number of thiophene rings is 1. The van der Waals surface area contributed by atoms with Crippen LogP contribution in [0, 0.1) is 6.92 Å². The summed E-state index contributed by atoms with van der Waals surface area (Å²) in [6, 6.07) is 3.38. The first kappa shape index (κ1) is 9.49. The van der Waals surface area contributed by atoms with Crippen LogP contribution in [0.5, 0.6) is 0 Å². The first-order valence-corrected chi connectivity index (χ1v) is 5.27. The Labute approximate surface area is 90.1 Å². The van der Waals surface area contributed by atoms with E-state index in [0.29, 0.717) is 21.2 Å². The molecule has 2 nitrogen and oxygen atoms in total. The third-order valence-corrected chi connectivity index (χ3v) is 3.27. The molecule has 0 aliphatic rings. The summed E-state index contributed by atoms with van der Waals surface area (Å²) in [5.41, 5.74) is 0.578. The average Bonchev–Trinajstić information content (AvgIpc) is 2.73. The Kier molecular flexibility index (Phi) is 2.44. The number of ketones is 1. The van der Waals surface area contributed by atoms with E-state index in [1.165, 1.54) is 17.6 Å². The van der Waals surface area contributed by atoms with Gasteiger partial charge in [0.1, 0.15) is 5.76 Å². The zero-order valence-corrected chi connectivity index (χ0v) is 8.98. The number of carbonyl (C=O) groups excluding carboxylic acids is 1. The molecular weight excluding hydrogens is 220 g/mol. The summed E-state index contributed by atoms with van der Waals surface area (Å²) in [5.74, 6) is 0.552. The van der Waals surface area contributed by atoms with Gasteiger partial charge >= 0.3 is 0 Å². The summed E-state index contributed by atoms with van der Waals surface area (Å²) >= 11 is 7.20. The van der Waals surface area contributed by atoms with E-state index in [0.717, 1.165) is 0 Å². The van der Waals surface area contributed by atoms with Crippen molar-refractivity contribution >= 4 is 28.7 Å². The van der Waals surface area contributed by atoms with Gasteiger partial charge in [-0.2, -0.15) is 0 Å². The molecule has 0 aliphatic carbocycles. The fraction of sp³-hybridized carbons (Fsp3) is 0.100. The minimum Gasteiger partial charge on any atom is -0.469 e. The van der Waals surface area contributed by atoms with Crippen LogP contribution in [0.2, 0.25) is 5.02 Å². The third-order valence-electron chi connectivity index (χ3n) is 1.93. The van der Waals surface area contributed by atoms with E-state index in [9.17, 15) is 4.79 Å². The minimum atomic E-state index is -0.0729. The molecule has 2 heterocycles. The van der Waals surface area contributed by atoms with Crippen molar-refractivity contribution in [2.45, 2.75) is 6.92 Å². The highest BCUT2D eigenvalue weighted by Gasteiger charge is 2.17. The summed E-state index contributed by atoms with van der Waals surface area (Å²) in [7, 11) is 0. The van der Waals surface area contributed by atoms with E-state index in [2.05, 4.69) is 0 Å². The lowest BCUT2D eigenvalue weighted by molar-refractivity contribution is 0.104. The van der Waals surface area contributed by atoms with E-state index < -0.39 is 0 Å². The third kappa shape index (κ3) is 1.49. The van der Waals surface area contributed by atoms with Crippen molar-refractivity contribution in [1.29, 1.82) is 0 Å². The zero-order valence-electron chi connectivity index (χ0n) is 7.41. The van der Waals surface area contributed by atoms with Gasteiger partial charge in [0.2, 0.25) is 5.78 Å². The molecule has 0 atom stereocenters. The molecule has 0 bridgehead atoms. The van der Waals surface area contributed by atoms with Crippen molar-refractivity contribution in [2.24, 2.45) is 0 Å². The van der Waals surface area contributed by atoms with Crippen LogP contribution in [-0.4, -0.2) is 5.78 Å². The van der Waals surface area contributed by atoms with Crippen molar-refractivity contribution in [3.05, 3.63) is 45.0 Å². The van der Waals surface area contributed by atoms with Gasteiger partial charge in [-0.1, -0.05) is 11.6 Å². The molecule has 14 heavy (non-hydrogen) atoms. The van der Waals surface area contributed by atoms with Gasteiger partial charge < -0.3 is 4.42 Å². The van der Waals surface area contributed by atoms with Gasteiger partial charge in [0.05, 0.1) is 21.7 Å². The predicted molar refractivity (Wildman–Crippen MR) is 56.2 cm³/mol. The number of hydrogen-bond acceptors (Lipinski definition) is 3. The van der Waals surface area contributed by atoms with Crippen LogP contribution >= 0.6 is 22.9 Å². The first-order chi connectivity index (χ1) is 6.70. The molecular formula is C10H7ClO2S. The van der Waals surface area contributed by atoms with Gasteiger partial charge in [-0.05, 0) is 24.4 Å². The Morgan fingerprint density at radius 2 is 2.29 bits per heavy atom. The van der Waals surface area contributed by atoms with Crippen LogP contribution in [0.4, 0.5) is 0 Å². The summed E-state index contributed by atoms with van der Waals surface area (Å²) in [6.45, 7) is 1.76. The normalized spacial score (nSPS) is 10.4. The van der Waals surface area contributed by atoms with Crippen LogP contribution in [0.3, 0.4) is 0 Å². The van der Waals surface area contributed by atoms with E-state index in [-0.39, 0.29) is 5.78 Å². The monoisotopic (exact) mass is 226 g/mol. The number of rotatable bonds is 2. The Morgan fingerprint density at radius 1 is 1.50 bits per heavy atom. The highest BCUT2D eigenvalue weighted by Crippen LogP contribution is 2.26. The molecule has 2 aromatic heterocycles. The number of aryl methyl sites for hydroxylation is 1. The standard InChI is InChI=1S/C10H7ClO2S/c1-6-7(2-4-13-6)9(12)10-8(11)3-5-14-10/h2-5H,1H3. The summed E-state index contributed by atoms with van der Waals surface area (Å²) in [5, 5.41) is 2.30. The van der Waals surface area contributed by atoms with Crippen molar-refractivity contribution in [1.82, 2.24) is 0 Å². The minimum absolute atomic E-state index is 0.0729. The zero-order chi connectivity index (χ0) is 10.1. The molecule has 0 fully saturated rings. The van der Waals surface area contributed by atoms with Gasteiger partial charge in [-0.25, -0.2) is 0 Å². The maximum atomic E-state index is 11.9. The molecule has 0 aliphatic heterocycles. The molecule has 0 saturated heterocycles. The number of hydrogen-bond donors (Lipinski definition) is 0. The van der Waals surface area contributed by atoms with Crippen LogP contribution in [-0.2, 0) is 0 Å². The lowest BCUT2D eigenvalue weighted by Crippen LogP contribution is -1.98. The van der Waals surface area contributed by atoms with Crippen LogP contribution in [0.25, 0.3) is 0 Å². The molecule has 72 valence electrons. The molecule has 0 amide bonds. The highest BCUT2D eigenvalue weighted by atomic mass is 35.5. The van der Waals surface area contributed by atoms with Crippen LogP contribution < -0.4 is 0 Å². The largest absolute Gasteiger partial charge is 0.469 e. The number of carbonyl (C=O) groups is 1. The van der Waals surface area contributed by atoms with Crippen molar-refractivity contribution in [3.8, 4) is 0 Å². The molecule has 2 aromatic rings. The van der Waals surface area contributed by atoms with Crippen LogP contribution in [0.1, 0.15) is 21.0 Å². The van der Waals surface area contributed by atoms with E-state index in [1.54, 1.807) is 24.4 Å². The lowest BCUT2D eigenvalue weighted by atomic mass is 10.1. The quantitative estimate of drug-likeness (QED) is 0.734. The van der Waals surface area contributed by atoms with Crippen LogP contribution in [0.15, 0.2) is 28.2 Å². The van der Waals surface area contributed by atoms with Gasteiger partial charge in [0.25, 0.3) is 0 Å². The smallest absolute Gasteiger partial charge is 0.207 e. The molecule has 0 unspecified atom stereocenters. The summed E-state index contributed by atoms with van der Waals surface area (Å²) < 4.78 is 5.06. The molecule has 2 rings (SSSR count). The summed E-state index contributed by atoms with van der Waals surface area (Å²) in [4.78, 5) is 12.4. The molecule has 0 saturated carbocycles. The Hall–Kier alpha value is -1.06. The first-order valence-electron chi connectivity index (χ1n) is 4.02. The molecule has 4 heteroatoms. The molecule has 0 spiro atoms. The van der Waals surface area contributed by atoms with Gasteiger partial charge in [-0.3, -0.25) is 4.79 Å². The SMILES string of the molecule is Cc1occc1C(=O)c1sccc1Cl. The Bertz CT molecular complexity index is 428. The topological polar surface area (TPSA) is 30.2 Å². The second-order valence-electron chi connectivity index (χ2n) is 2.82. The summed E-state index contributed by atoms with van der Waals surface area (Å²) in [6.07, 6.45) is 1.50. The lowest BCUT2D eigenvalue weighted by Gasteiger charge is -1.95. The number of halogens is 1. The Morgan fingerprint density at radius 3 is 2.79 bits per heavy atom. The van der Waals surface area contributed by atoms with Crippen molar-refractivity contribution < 1.29 is 9.21 Å².